The standard InChI is InChI=1S/2C10H8N4O4S.C6H15N.Co/c2*1-5-2-6(15)3-7(16)9(5)12-13-10-11-4-8(19-10)14(17)18;1-4-7(5-2)6-3;/h2*2-4H,1H3,(H2,11,13,15,16);4-6H2,1-3H3;/p-1. The molecule has 2 heterocycles. The summed E-state index contributed by atoms with van der Waals surface area (Å²) >= 11 is 1.52. The first-order valence-corrected chi connectivity index (χ1v) is 14.8. The quantitative estimate of drug-likeness (QED) is 0.212. The van der Waals surface area contributed by atoms with Crippen molar-refractivity contribution in [3.8, 4) is 0 Å². The first-order valence-electron chi connectivity index (χ1n) is 13.2. The second kappa shape index (κ2) is 19.0. The number of quaternary nitrogens is 1. The second-order valence-electron chi connectivity index (χ2n) is 8.90. The molecule has 20 heteroatoms. The van der Waals surface area contributed by atoms with Gasteiger partial charge in [0.05, 0.1) is 29.5 Å². The van der Waals surface area contributed by atoms with E-state index in [2.05, 4.69) is 51.1 Å². The van der Waals surface area contributed by atoms with Crippen molar-refractivity contribution in [3.63, 3.8) is 0 Å². The number of nitrogens with one attached hydrogen (secondary N) is 1. The van der Waals surface area contributed by atoms with E-state index >= 15 is 0 Å². The van der Waals surface area contributed by atoms with Crippen LogP contribution in [0.4, 0.5) is 10.0 Å². The number of aliphatic hydroxyl groups excluding tert-OH is 2. The molecule has 0 saturated carbocycles. The average Bonchev–Trinajstić information content (AvgIpc) is 3.64. The van der Waals surface area contributed by atoms with Gasteiger partial charge in [0.15, 0.2) is 11.6 Å². The minimum absolute atomic E-state index is 0. The van der Waals surface area contributed by atoms with Gasteiger partial charge in [0.2, 0.25) is 0 Å². The van der Waals surface area contributed by atoms with Gasteiger partial charge in [0.1, 0.15) is 22.9 Å². The number of allylic oxidation sites excluding steroid dienone is 6. The third-order valence-electron chi connectivity index (χ3n) is 5.80. The molecule has 0 unspecified atom stereocenters. The van der Waals surface area contributed by atoms with Crippen LogP contribution in [0.5, 0.6) is 0 Å². The second-order valence-corrected chi connectivity index (χ2v) is 10.9. The van der Waals surface area contributed by atoms with Gasteiger partial charge < -0.3 is 35.3 Å². The summed E-state index contributed by atoms with van der Waals surface area (Å²) in [6.45, 7) is 13.7. The van der Waals surface area contributed by atoms with E-state index in [1.165, 1.54) is 31.8 Å². The summed E-state index contributed by atoms with van der Waals surface area (Å²) in [5.41, 5.74) is 1.19. The average molecular weight is 720 g/mol. The van der Waals surface area contributed by atoms with Crippen molar-refractivity contribution < 1.29 is 51.3 Å². The van der Waals surface area contributed by atoms with Crippen LogP contribution in [0.15, 0.2) is 79.8 Å². The normalized spacial score (nSPS) is 16.8. The maximum Gasteiger partial charge on any atom is 0.319 e. The summed E-state index contributed by atoms with van der Waals surface area (Å²) in [6.07, 6.45) is 6.80. The molecule has 17 nitrogen and oxygen atoms in total. The molecule has 0 atom stereocenters. The molecule has 3 N–H and O–H groups in total. The third kappa shape index (κ3) is 12.0. The van der Waals surface area contributed by atoms with Crippen LogP contribution in [0.1, 0.15) is 34.6 Å². The summed E-state index contributed by atoms with van der Waals surface area (Å²) < 4.78 is 0. The Hall–Kier alpha value is -4.63. The summed E-state index contributed by atoms with van der Waals surface area (Å²) in [6, 6.07) is 0. The molecule has 2 aliphatic rings. The Morgan fingerprint density at radius 2 is 1.07 bits per heavy atom. The smallest absolute Gasteiger partial charge is 0.319 e. The monoisotopic (exact) mass is 719 g/mol. The molecule has 0 bridgehead atoms. The SMILES string of the molecule is CC1=CC(=O)C=C(O)/C1=N/N=c1\[n-]cc([N+](=O)[O-])s1.CC1=CC(=O)C=C(O)C1=N/N=c1\[n-]cc([N+](=O)[O-])s1.CC[NH+](CC)CC.[Co]. The molecule has 0 amide bonds. The number of carbonyl (C=O) groups is 2. The maximum atomic E-state index is 11.1. The van der Waals surface area contributed by atoms with Crippen LogP contribution in [-0.2, 0) is 26.4 Å². The van der Waals surface area contributed by atoms with Crippen molar-refractivity contribution in [1.29, 1.82) is 0 Å². The number of nitrogens with zero attached hydrogens (tertiary/aromatic N) is 8. The van der Waals surface area contributed by atoms with Gasteiger partial charge in [0.25, 0.3) is 0 Å². The summed E-state index contributed by atoms with van der Waals surface area (Å²) in [4.78, 5) is 51.2. The van der Waals surface area contributed by atoms with Gasteiger partial charge in [-0.25, -0.2) is 0 Å². The molecule has 4 rings (SSSR count). The van der Waals surface area contributed by atoms with Gasteiger partial charge >= 0.3 is 10.0 Å². The van der Waals surface area contributed by atoms with Crippen LogP contribution in [0.2, 0.25) is 0 Å². The first-order chi connectivity index (χ1) is 21.3. The zero-order chi connectivity index (χ0) is 33.7. The molecule has 0 aromatic carbocycles. The van der Waals surface area contributed by atoms with Crippen molar-refractivity contribution in [1.82, 2.24) is 9.97 Å². The van der Waals surface area contributed by atoms with Crippen molar-refractivity contribution in [2.45, 2.75) is 34.6 Å². The van der Waals surface area contributed by atoms with Gasteiger partial charge in [-0.15, -0.1) is 0 Å². The van der Waals surface area contributed by atoms with Crippen LogP contribution in [0, 0.1) is 20.2 Å². The van der Waals surface area contributed by atoms with E-state index in [4.69, 9.17) is 0 Å². The Morgan fingerprint density at radius 3 is 1.30 bits per heavy atom. The first kappa shape index (κ1) is 39.4. The van der Waals surface area contributed by atoms with E-state index in [0.29, 0.717) is 11.1 Å². The number of hydrogen-bond acceptors (Lipinski definition) is 14. The number of nitro groups is 2. The van der Waals surface area contributed by atoms with E-state index in [9.17, 15) is 40.0 Å². The zero-order valence-corrected chi connectivity index (χ0v) is 27.8. The molecule has 1 radical (unpaired) electrons. The summed E-state index contributed by atoms with van der Waals surface area (Å²) in [5, 5.41) is 54.7. The number of aromatic nitrogens is 2. The predicted octanol–water partition coefficient (Wildman–Crippen LogP) is 1.61. The molecule has 0 spiro atoms. The number of hydrogen-bond donors (Lipinski definition) is 3. The minimum Gasteiger partial charge on any atom is -0.506 e. The zero-order valence-electron chi connectivity index (χ0n) is 25.2. The molecular weight excluding hydrogens is 689 g/mol. The molecule has 0 fully saturated rings. The van der Waals surface area contributed by atoms with Crippen LogP contribution in [-0.4, -0.2) is 62.7 Å². The van der Waals surface area contributed by atoms with E-state index in [-0.39, 0.29) is 70.9 Å². The van der Waals surface area contributed by atoms with Crippen molar-refractivity contribution >= 4 is 55.7 Å². The van der Waals surface area contributed by atoms with E-state index < -0.39 is 9.85 Å². The minimum atomic E-state index is -0.578. The van der Waals surface area contributed by atoms with E-state index in [0.717, 1.165) is 47.2 Å². The molecular formula is C26H30CoN9O8S2-. The molecule has 2 aliphatic carbocycles. The number of rotatable bonds is 7. The Labute approximate surface area is 280 Å². The summed E-state index contributed by atoms with van der Waals surface area (Å²) in [5.74, 6) is -1.25. The fourth-order valence-corrected chi connectivity index (χ4v) is 4.54. The number of aliphatic hydroxyl groups is 2. The number of thiazole rings is 2. The van der Waals surface area contributed by atoms with Gasteiger partial charge in [-0.2, -0.15) is 0 Å². The van der Waals surface area contributed by atoms with Crippen molar-refractivity contribution in [3.05, 3.63) is 89.2 Å². The number of carbonyl (C=O) groups excluding carboxylic acids is 2. The van der Waals surface area contributed by atoms with Crippen LogP contribution >= 0.6 is 22.7 Å². The van der Waals surface area contributed by atoms with Crippen LogP contribution < -0.4 is 24.5 Å². The fourth-order valence-electron chi connectivity index (χ4n) is 3.43. The molecule has 0 aliphatic heterocycles. The third-order valence-corrected chi connectivity index (χ3v) is 7.47. The maximum absolute atomic E-state index is 11.1. The topological polar surface area (TPSA) is 243 Å². The largest absolute Gasteiger partial charge is 0.506 e. The predicted molar refractivity (Wildman–Crippen MR) is 166 cm³/mol. The van der Waals surface area contributed by atoms with Gasteiger partial charge in [0, 0.05) is 50.9 Å². The Morgan fingerprint density at radius 1 is 0.717 bits per heavy atom. The summed E-state index contributed by atoms with van der Waals surface area (Å²) in [7, 11) is 0. The Bertz CT molecular complexity index is 1590. The van der Waals surface area contributed by atoms with E-state index in [1.807, 2.05) is 0 Å². The van der Waals surface area contributed by atoms with Crippen LogP contribution in [0.25, 0.3) is 0 Å². The number of ketones is 2. The molecule has 2 aromatic rings. The molecule has 2 aromatic heterocycles. The van der Waals surface area contributed by atoms with Gasteiger partial charge in [-0.3, -0.25) is 40.0 Å². The van der Waals surface area contributed by atoms with E-state index in [1.54, 1.807) is 18.7 Å². The molecule has 46 heavy (non-hydrogen) atoms. The van der Waals surface area contributed by atoms with Gasteiger partial charge in [-0.1, -0.05) is 22.7 Å². The Kier molecular flexibility index (Phi) is 16.3. The van der Waals surface area contributed by atoms with Crippen molar-refractivity contribution in [2.75, 3.05) is 19.6 Å². The molecule has 249 valence electrons. The van der Waals surface area contributed by atoms with Crippen molar-refractivity contribution in [2.24, 2.45) is 20.4 Å². The van der Waals surface area contributed by atoms with Crippen LogP contribution in [0.3, 0.4) is 0 Å². The fraction of sp³-hybridized carbons (Fsp3) is 0.308. The van der Waals surface area contributed by atoms with Gasteiger partial charge in [-0.05, 0) is 57.9 Å². The Balaban J connectivity index is 0.000000376. The molecule has 0 saturated heterocycles.